The third kappa shape index (κ3) is 4.85. The highest BCUT2D eigenvalue weighted by Gasteiger charge is 2.09. The van der Waals surface area contributed by atoms with Crippen molar-refractivity contribution in [1.82, 2.24) is 5.32 Å². The molecule has 0 aromatic heterocycles. The molecule has 0 fully saturated rings. The van der Waals surface area contributed by atoms with Crippen LogP contribution in [0.2, 0.25) is 0 Å². The summed E-state index contributed by atoms with van der Waals surface area (Å²) in [6.07, 6.45) is 0. The Bertz CT molecular complexity index is 802. The number of nitrogens with one attached hydrogen (secondary N) is 2. The van der Waals surface area contributed by atoms with Gasteiger partial charge < -0.3 is 15.4 Å². The first-order chi connectivity index (χ1) is 12.2. The zero-order chi connectivity index (χ0) is 17.5. The summed E-state index contributed by atoms with van der Waals surface area (Å²) in [5, 5.41) is 5.75. The van der Waals surface area contributed by atoms with Gasteiger partial charge in [0.05, 0.1) is 6.04 Å². The molecule has 0 spiro atoms. The van der Waals surface area contributed by atoms with Crippen LogP contribution in [-0.4, -0.2) is 6.03 Å². The van der Waals surface area contributed by atoms with E-state index in [9.17, 15) is 4.79 Å². The van der Waals surface area contributed by atoms with Crippen molar-refractivity contribution in [2.75, 3.05) is 5.32 Å². The number of para-hydroxylation sites is 1. The van der Waals surface area contributed by atoms with E-state index >= 15 is 0 Å². The van der Waals surface area contributed by atoms with Gasteiger partial charge in [-0.3, -0.25) is 0 Å². The van der Waals surface area contributed by atoms with E-state index in [0.29, 0.717) is 5.69 Å². The molecule has 3 aromatic rings. The van der Waals surface area contributed by atoms with Crippen LogP contribution >= 0.6 is 0 Å². The molecule has 4 nitrogen and oxygen atoms in total. The van der Waals surface area contributed by atoms with Gasteiger partial charge in [0.2, 0.25) is 0 Å². The summed E-state index contributed by atoms with van der Waals surface area (Å²) in [4.78, 5) is 12.1. The molecule has 0 aliphatic rings. The maximum absolute atomic E-state index is 12.1. The number of urea groups is 1. The first-order valence-electron chi connectivity index (χ1n) is 8.16. The molecule has 0 saturated heterocycles. The van der Waals surface area contributed by atoms with E-state index in [1.54, 1.807) is 0 Å². The second kappa shape index (κ2) is 8.02. The van der Waals surface area contributed by atoms with E-state index in [2.05, 4.69) is 10.6 Å². The molecule has 4 heteroatoms. The molecule has 25 heavy (non-hydrogen) atoms. The first-order valence-corrected chi connectivity index (χ1v) is 8.16. The zero-order valence-corrected chi connectivity index (χ0v) is 14.0. The van der Waals surface area contributed by atoms with Crippen LogP contribution in [-0.2, 0) is 0 Å². The lowest BCUT2D eigenvalue weighted by molar-refractivity contribution is 0.249. The van der Waals surface area contributed by atoms with Crippen LogP contribution in [0.4, 0.5) is 10.5 Å². The van der Waals surface area contributed by atoms with Gasteiger partial charge in [-0.05, 0) is 48.9 Å². The largest absolute Gasteiger partial charge is 0.457 e. The number of ether oxygens (including phenoxy) is 1. The average molecular weight is 332 g/mol. The lowest BCUT2D eigenvalue weighted by atomic mass is 10.1. The minimum atomic E-state index is -0.243. The summed E-state index contributed by atoms with van der Waals surface area (Å²) >= 11 is 0. The molecule has 2 amide bonds. The first kappa shape index (κ1) is 16.6. The Kier molecular flexibility index (Phi) is 5.32. The number of anilines is 1. The molecule has 0 aliphatic heterocycles. The predicted molar refractivity (Wildman–Crippen MR) is 100.0 cm³/mol. The van der Waals surface area contributed by atoms with Crippen LogP contribution in [0.1, 0.15) is 18.5 Å². The number of carbonyl (C=O) groups is 1. The fourth-order valence-electron chi connectivity index (χ4n) is 2.42. The Balaban J connectivity index is 1.55. The number of benzene rings is 3. The molecule has 1 atom stereocenters. The topological polar surface area (TPSA) is 50.4 Å². The Morgan fingerprint density at radius 3 is 2.00 bits per heavy atom. The highest BCUT2D eigenvalue weighted by atomic mass is 16.5. The SMILES string of the molecule is CC(NC(=O)Nc1ccc(Oc2ccccc2)cc1)c1ccccc1. The fourth-order valence-corrected chi connectivity index (χ4v) is 2.42. The molecule has 3 rings (SSSR count). The average Bonchev–Trinajstić information content (AvgIpc) is 2.65. The second-order valence-corrected chi connectivity index (χ2v) is 5.67. The summed E-state index contributed by atoms with van der Waals surface area (Å²) in [5.41, 5.74) is 1.77. The van der Waals surface area contributed by atoms with E-state index in [1.165, 1.54) is 0 Å². The van der Waals surface area contributed by atoms with Crippen molar-refractivity contribution in [2.24, 2.45) is 0 Å². The summed E-state index contributed by atoms with van der Waals surface area (Å²) in [6, 6.07) is 26.4. The maximum Gasteiger partial charge on any atom is 0.319 e. The van der Waals surface area contributed by atoms with Gasteiger partial charge in [0.25, 0.3) is 0 Å². The van der Waals surface area contributed by atoms with Crippen LogP contribution in [0.25, 0.3) is 0 Å². The van der Waals surface area contributed by atoms with E-state index < -0.39 is 0 Å². The Morgan fingerprint density at radius 2 is 1.36 bits per heavy atom. The van der Waals surface area contributed by atoms with Gasteiger partial charge in [-0.2, -0.15) is 0 Å². The third-order valence-electron chi connectivity index (χ3n) is 3.74. The molecule has 0 radical (unpaired) electrons. The lowest BCUT2D eigenvalue weighted by Gasteiger charge is -2.15. The normalized spacial score (nSPS) is 11.4. The minimum Gasteiger partial charge on any atom is -0.457 e. The van der Waals surface area contributed by atoms with Gasteiger partial charge in [0.15, 0.2) is 0 Å². The van der Waals surface area contributed by atoms with Gasteiger partial charge in [-0.25, -0.2) is 4.79 Å². The monoisotopic (exact) mass is 332 g/mol. The highest BCUT2D eigenvalue weighted by Crippen LogP contribution is 2.22. The molecule has 3 aromatic carbocycles. The van der Waals surface area contributed by atoms with Crippen LogP contribution in [0, 0.1) is 0 Å². The quantitative estimate of drug-likeness (QED) is 0.660. The summed E-state index contributed by atoms with van der Waals surface area (Å²) < 4.78 is 5.73. The van der Waals surface area contributed by atoms with Crippen LogP contribution in [0.3, 0.4) is 0 Å². The Hall–Kier alpha value is -3.27. The van der Waals surface area contributed by atoms with Crippen molar-refractivity contribution >= 4 is 11.7 Å². The standard InChI is InChI=1S/C21H20N2O2/c1-16(17-8-4-2-5-9-17)22-21(24)23-18-12-14-20(15-13-18)25-19-10-6-3-7-11-19/h2-16H,1H3,(H2,22,23,24). The molecule has 2 N–H and O–H groups in total. The van der Waals surface area contributed by atoms with E-state index in [4.69, 9.17) is 4.74 Å². The Labute approximate surface area is 147 Å². The molecule has 0 aliphatic carbocycles. The zero-order valence-electron chi connectivity index (χ0n) is 14.0. The lowest BCUT2D eigenvalue weighted by Crippen LogP contribution is -2.31. The van der Waals surface area contributed by atoms with Crippen molar-refractivity contribution < 1.29 is 9.53 Å². The number of hydrogen-bond acceptors (Lipinski definition) is 2. The van der Waals surface area contributed by atoms with Crippen molar-refractivity contribution in [2.45, 2.75) is 13.0 Å². The summed E-state index contributed by atoms with van der Waals surface area (Å²) in [7, 11) is 0. The van der Waals surface area contributed by atoms with Crippen LogP contribution in [0.5, 0.6) is 11.5 Å². The van der Waals surface area contributed by atoms with Gasteiger partial charge in [-0.15, -0.1) is 0 Å². The van der Waals surface area contributed by atoms with E-state index in [-0.39, 0.29) is 12.1 Å². The summed E-state index contributed by atoms with van der Waals surface area (Å²) in [6.45, 7) is 1.95. The fraction of sp³-hybridized carbons (Fsp3) is 0.0952. The van der Waals surface area contributed by atoms with Crippen LogP contribution in [0.15, 0.2) is 84.9 Å². The predicted octanol–water partition coefficient (Wildman–Crippen LogP) is 5.36. The molecular weight excluding hydrogens is 312 g/mol. The smallest absolute Gasteiger partial charge is 0.319 e. The number of rotatable bonds is 5. The van der Waals surface area contributed by atoms with Crippen molar-refractivity contribution in [3.8, 4) is 11.5 Å². The second-order valence-electron chi connectivity index (χ2n) is 5.67. The van der Waals surface area contributed by atoms with Gasteiger partial charge in [0, 0.05) is 5.69 Å². The van der Waals surface area contributed by atoms with Crippen LogP contribution < -0.4 is 15.4 Å². The van der Waals surface area contributed by atoms with Gasteiger partial charge in [-0.1, -0.05) is 48.5 Å². The van der Waals surface area contributed by atoms with Crippen molar-refractivity contribution in [3.63, 3.8) is 0 Å². The molecule has 0 saturated carbocycles. The number of amides is 2. The number of hydrogen-bond donors (Lipinski definition) is 2. The van der Waals surface area contributed by atoms with Gasteiger partial charge >= 0.3 is 6.03 Å². The third-order valence-corrected chi connectivity index (χ3v) is 3.74. The molecule has 1 unspecified atom stereocenters. The number of carbonyl (C=O) groups excluding carboxylic acids is 1. The Morgan fingerprint density at radius 1 is 0.800 bits per heavy atom. The highest BCUT2D eigenvalue weighted by molar-refractivity contribution is 5.89. The molecule has 126 valence electrons. The van der Waals surface area contributed by atoms with Crippen molar-refractivity contribution in [3.05, 3.63) is 90.5 Å². The van der Waals surface area contributed by atoms with E-state index in [0.717, 1.165) is 17.1 Å². The minimum absolute atomic E-state index is 0.0677. The maximum atomic E-state index is 12.1. The molecule has 0 bridgehead atoms. The summed E-state index contributed by atoms with van der Waals surface area (Å²) in [5.74, 6) is 1.49. The van der Waals surface area contributed by atoms with Gasteiger partial charge in [0.1, 0.15) is 11.5 Å². The van der Waals surface area contributed by atoms with E-state index in [1.807, 2.05) is 91.9 Å². The van der Waals surface area contributed by atoms with Crippen molar-refractivity contribution in [1.29, 1.82) is 0 Å². The molecule has 0 heterocycles. The molecular formula is C21H20N2O2.